The maximum atomic E-state index is 11.8. The Morgan fingerprint density at radius 1 is 1.26 bits per heavy atom. The molecular formula is C16H27IN4O2. The molecule has 0 heterocycles. The fraction of sp³-hybridized carbons (Fsp3) is 0.500. The Kier molecular flexibility index (Phi) is 9.62. The molecule has 0 aliphatic rings. The lowest BCUT2D eigenvalue weighted by atomic mass is 10.1. The fourth-order valence-electron chi connectivity index (χ4n) is 1.79. The first-order valence-corrected chi connectivity index (χ1v) is 7.41. The molecule has 0 aliphatic heterocycles. The van der Waals surface area contributed by atoms with Crippen molar-refractivity contribution < 1.29 is 9.90 Å². The zero-order chi connectivity index (χ0) is 16.6. The van der Waals surface area contributed by atoms with E-state index in [2.05, 4.69) is 20.9 Å². The van der Waals surface area contributed by atoms with Gasteiger partial charge in [0.1, 0.15) is 5.75 Å². The summed E-state index contributed by atoms with van der Waals surface area (Å²) < 4.78 is 0. The highest BCUT2D eigenvalue weighted by atomic mass is 127. The van der Waals surface area contributed by atoms with Gasteiger partial charge in [0.2, 0.25) is 5.91 Å². The molecule has 0 saturated heterocycles. The zero-order valence-corrected chi connectivity index (χ0v) is 16.5. The van der Waals surface area contributed by atoms with Crippen molar-refractivity contribution in [2.45, 2.75) is 39.8 Å². The van der Waals surface area contributed by atoms with Gasteiger partial charge in [-0.25, -0.2) is 4.99 Å². The van der Waals surface area contributed by atoms with Crippen LogP contribution in [-0.2, 0) is 11.3 Å². The standard InChI is InChI=1S/C16H26N4O2.HI/c1-5-17-15(19-11-14(22)20-16(2,3)4)18-10-12-7-6-8-13(21)9-12;/h6-9,21H,5,10-11H2,1-4H3,(H,20,22)(H2,17,18,19);1H. The van der Waals surface area contributed by atoms with E-state index in [1.54, 1.807) is 18.2 Å². The number of phenolic OH excluding ortho intramolecular Hbond substituents is 1. The van der Waals surface area contributed by atoms with E-state index in [1.165, 1.54) is 0 Å². The van der Waals surface area contributed by atoms with Crippen LogP contribution in [-0.4, -0.2) is 35.6 Å². The number of halogens is 1. The molecule has 0 aromatic heterocycles. The van der Waals surface area contributed by atoms with Gasteiger partial charge < -0.3 is 21.1 Å². The van der Waals surface area contributed by atoms with E-state index in [1.807, 2.05) is 33.8 Å². The second kappa shape index (κ2) is 10.3. The molecule has 23 heavy (non-hydrogen) atoms. The molecule has 1 aromatic rings. The largest absolute Gasteiger partial charge is 0.508 e. The van der Waals surface area contributed by atoms with Crippen molar-refractivity contribution in [2.75, 3.05) is 13.1 Å². The van der Waals surface area contributed by atoms with Crippen LogP contribution in [0.5, 0.6) is 5.75 Å². The minimum atomic E-state index is -0.254. The van der Waals surface area contributed by atoms with Crippen LogP contribution in [0.4, 0.5) is 0 Å². The summed E-state index contributed by atoms with van der Waals surface area (Å²) in [6, 6.07) is 6.95. The van der Waals surface area contributed by atoms with Crippen LogP contribution in [0.2, 0.25) is 0 Å². The van der Waals surface area contributed by atoms with Gasteiger partial charge in [0.25, 0.3) is 0 Å². The smallest absolute Gasteiger partial charge is 0.239 e. The maximum Gasteiger partial charge on any atom is 0.239 e. The van der Waals surface area contributed by atoms with Crippen molar-refractivity contribution in [2.24, 2.45) is 4.99 Å². The molecule has 6 nitrogen and oxygen atoms in total. The van der Waals surface area contributed by atoms with Gasteiger partial charge in [-0.2, -0.15) is 0 Å². The van der Waals surface area contributed by atoms with Gasteiger partial charge in [0.05, 0.1) is 13.1 Å². The first-order chi connectivity index (χ1) is 10.3. The van der Waals surface area contributed by atoms with Crippen molar-refractivity contribution in [1.29, 1.82) is 0 Å². The molecule has 1 rings (SSSR count). The number of aliphatic imine (C=N–C) groups is 1. The monoisotopic (exact) mass is 434 g/mol. The van der Waals surface area contributed by atoms with E-state index in [-0.39, 0.29) is 47.7 Å². The molecule has 4 N–H and O–H groups in total. The average Bonchev–Trinajstić information content (AvgIpc) is 2.40. The SMILES string of the molecule is CCNC(=NCc1cccc(O)c1)NCC(=O)NC(C)(C)C.I. The summed E-state index contributed by atoms with van der Waals surface area (Å²) in [5, 5.41) is 18.4. The third-order valence-electron chi connectivity index (χ3n) is 2.61. The van der Waals surface area contributed by atoms with Gasteiger partial charge in [-0.3, -0.25) is 4.79 Å². The normalized spacial score (nSPS) is 11.4. The van der Waals surface area contributed by atoms with Gasteiger partial charge in [-0.05, 0) is 45.4 Å². The Morgan fingerprint density at radius 2 is 1.96 bits per heavy atom. The molecule has 0 atom stereocenters. The minimum absolute atomic E-state index is 0. The minimum Gasteiger partial charge on any atom is -0.508 e. The molecule has 0 radical (unpaired) electrons. The Bertz CT molecular complexity index is 527. The third kappa shape index (κ3) is 9.98. The van der Waals surface area contributed by atoms with E-state index >= 15 is 0 Å². The van der Waals surface area contributed by atoms with Crippen LogP contribution in [0.1, 0.15) is 33.3 Å². The number of nitrogens with one attached hydrogen (secondary N) is 3. The number of rotatable bonds is 5. The summed E-state index contributed by atoms with van der Waals surface area (Å²) in [7, 11) is 0. The van der Waals surface area contributed by atoms with E-state index < -0.39 is 0 Å². The molecule has 0 fully saturated rings. The highest BCUT2D eigenvalue weighted by Crippen LogP contribution is 2.11. The third-order valence-corrected chi connectivity index (χ3v) is 2.61. The molecule has 7 heteroatoms. The van der Waals surface area contributed by atoms with Crippen LogP contribution < -0.4 is 16.0 Å². The Hall–Kier alpha value is -1.51. The molecule has 0 unspecified atom stereocenters. The van der Waals surface area contributed by atoms with Crippen LogP contribution in [0.25, 0.3) is 0 Å². The molecular weight excluding hydrogens is 407 g/mol. The van der Waals surface area contributed by atoms with Gasteiger partial charge in [-0.1, -0.05) is 12.1 Å². The molecule has 0 bridgehead atoms. The molecule has 1 aromatic carbocycles. The number of benzene rings is 1. The summed E-state index contributed by atoms with van der Waals surface area (Å²) in [6.45, 7) is 9.05. The van der Waals surface area contributed by atoms with E-state index in [9.17, 15) is 9.90 Å². The van der Waals surface area contributed by atoms with Gasteiger partial charge in [0.15, 0.2) is 5.96 Å². The van der Waals surface area contributed by atoms with Gasteiger partial charge >= 0.3 is 0 Å². The predicted octanol–water partition coefficient (Wildman–Crippen LogP) is 1.98. The van der Waals surface area contributed by atoms with Crippen LogP contribution in [0.15, 0.2) is 29.3 Å². The lowest BCUT2D eigenvalue weighted by molar-refractivity contribution is -0.121. The summed E-state index contributed by atoms with van der Waals surface area (Å²) in [4.78, 5) is 16.2. The van der Waals surface area contributed by atoms with Crippen molar-refractivity contribution >= 4 is 35.8 Å². The number of nitrogens with zero attached hydrogens (tertiary/aromatic N) is 1. The lowest BCUT2D eigenvalue weighted by Gasteiger charge is -2.21. The highest BCUT2D eigenvalue weighted by molar-refractivity contribution is 14.0. The first kappa shape index (κ1) is 21.5. The molecule has 130 valence electrons. The molecule has 0 aliphatic carbocycles. The van der Waals surface area contributed by atoms with Gasteiger partial charge in [0, 0.05) is 12.1 Å². The van der Waals surface area contributed by atoms with Crippen LogP contribution >= 0.6 is 24.0 Å². The predicted molar refractivity (Wildman–Crippen MR) is 104 cm³/mol. The average molecular weight is 434 g/mol. The van der Waals surface area contributed by atoms with Crippen molar-refractivity contribution in [1.82, 2.24) is 16.0 Å². The molecule has 0 saturated carbocycles. The van der Waals surface area contributed by atoms with E-state index in [0.717, 1.165) is 5.56 Å². The van der Waals surface area contributed by atoms with E-state index in [4.69, 9.17) is 0 Å². The number of amides is 1. The Balaban J connectivity index is 0.00000484. The molecule has 1 amide bonds. The van der Waals surface area contributed by atoms with Crippen LogP contribution in [0, 0.1) is 0 Å². The number of aromatic hydroxyl groups is 1. The number of hydrogen-bond acceptors (Lipinski definition) is 3. The van der Waals surface area contributed by atoms with Crippen molar-refractivity contribution in [3.63, 3.8) is 0 Å². The number of carbonyl (C=O) groups is 1. The second-order valence-electron chi connectivity index (χ2n) is 6.02. The van der Waals surface area contributed by atoms with Gasteiger partial charge in [-0.15, -0.1) is 24.0 Å². The summed E-state index contributed by atoms with van der Waals surface area (Å²) in [5.74, 6) is 0.695. The Morgan fingerprint density at radius 3 is 2.52 bits per heavy atom. The number of guanidine groups is 1. The van der Waals surface area contributed by atoms with Crippen LogP contribution in [0.3, 0.4) is 0 Å². The summed E-state index contributed by atoms with van der Waals surface area (Å²) >= 11 is 0. The summed E-state index contributed by atoms with van der Waals surface area (Å²) in [5.41, 5.74) is 0.645. The molecule has 0 spiro atoms. The van der Waals surface area contributed by atoms with Crippen molar-refractivity contribution in [3.05, 3.63) is 29.8 Å². The quantitative estimate of drug-likeness (QED) is 0.325. The van der Waals surface area contributed by atoms with E-state index in [0.29, 0.717) is 19.0 Å². The topological polar surface area (TPSA) is 85.8 Å². The lowest BCUT2D eigenvalue weighted by Crippen LogP contribution is -2.48. The number of carbonyl (C=O) groups excluding carboxylic acids is 1. The number of hydrogen-bond donors (Lipinski definition) is 4. The Labute approximate surface area is 155 Å². The highest BCUT2D eigenvalue weighted by Gasteiger charge is 2.13. The fourth-order valence-corrected chi connectivity index (χ4v) is 1.79. The first-order valence-electron chi connectivity index (χ1n) is 7.41. The zero-order valence-electron chi connectivity index (χ0n) is 14.1. The summed E-state index contributed by atoms with van der Waals surface area (Å²) in [6.07, 6.45) is 0. The number of phenols is 1. The maximum absolute atomic E-state index is 11.8. The second-order valence-corrected chi connectivity index (χ2v) is 6.02. The van der Waals surface area contributed by atoms with Crippen molar-refractivity contribution in [3.8, 4) is 5.75 Å².